The van der Waals surface area contributed by atoms with Crippen LogP contribution >= 0.6 is 22.9 Å². The van der Waals surface area contributed by atoms with Gasteiger partial charge >= 0.3 is 5.97 Å². The summed E-state index contributed by atoms with van der Waals surface area (Å²) in [7, 11) is 0. The molecular weight excluding hydrogens is 446 g/mol. The summed E-state index contributed by atoms with van der Waals surface area (Å²) in [5, 5.41) is 5.56. The zero-order valence-corrected chi connectivity index (χ0v) is 19.0. The van der Waals surface area contributed by atoms with Crippen molar-refractivity contribution in [3.63, 3.8) is 0 Å². The molecule has 0 aliphatic rings. The van der Waals surface area contributed by atoms with Crippen LogP contribution in [0.3, 0.4) is 0 Å². The van der Waals surface area contributed by atoms with E-state index in [0.717, 1.165) is 5.56 Å². The number of hydrogen-bond donors (Lipinski definition) is 1. The molecule has 4 aromatic rings. The molecule has 0 radical (unpaired) electrons. The molecule has 0 aliphatic heterocycles. The van der Waals surface area contributed by atoms with E-state index in [0.29, 0.717) is 32.5 Å². The molecule has 0 unspecified atom stereocenters. The zero-order valence-electron chi connectivity index (χ0n) is 17.4. The van der Waals surface area contributed by atoms with Gasteiger partial charge in [-0.1, -0.05) is 54.1 Å². The van der Waals surface area contributed by atoms with Crippen molar-refractivity contribution in [3.8, 4) is 22.5 Å². The molecule has 0 fully saturated rings. The van der Waals surface area contributed by atoms with Crippen LogP contribution in [0.15, 0.2) is 76.5 Å². The highest BCUT2D eigenvalue weighted by atomic mass is 35.5. The first-order valence-corrected chi connectivity index (χ1v) is 11.2. The topological polar surface area (TPSA) is 68.5 Å². The summed E-state index contributed by atoms with van der Waals surface area (Å²) >= 11 is 7.48. The van der Waals surface area contributed by atoms with Crippen LogP contribution < -0.4 is 5.32 Å². The first-order valence-electron chi connectivity index (χ1n) is 9.98. The molecule has 5 nitrogen and oxygen atoms in total. The number of thiophene rings is 1. The number of carbonyl (C=O) groups is 2. The normalized spacial score (nSPS) is 10.9. The van der Waals surface area contributed by atoms with Crippen LogP contribution in [0, 0.1) is 0 Å². The lowest BCUT2D eigenvalue weighted by Crippen LogP contribution is -2.16. The van der Waals surface area contributed by atoms with Gasteiger partial charge in [-0.15, -0.1) is 11.3 Å². The molecule has 2 aromatic heterocycles. The van der Waals surface area contributed by atoms with Gasteiger partial charge in [0, 0.05) is 16.5 Å². The molecule has 32 heavy (non-hydrogen) atoms. The van der Waals surface area contributed by atoms with E-state index in [-0.39, 0.29) is 11.9 Å². The standard InChI is InChI=1S/C25H20ClNO4S/c1-15(2)30-25(29)22-18(16-8-4-3-5-9-16)14-32-24(22)27-23(28)21-13-12-20(31-21)17-10-6-7-11-19(17)26/h3-15H,1-2H3,(H,27,28). The van der Waals surface area contributed by atoms with Crippen molar-refractivity contribution in [2.24, 2.45) is 0 Å². The van der Waals surface area contributed by atoms with Gasteiger partial charge in [0.05, 0.1) is 11.1 Å². The van der Waals surface area contributed by atoms with E-state index in [9.17, 15) is 9.59 Å². The molecule has 0 saturated heterocycles. The Balaban J connectivity index is 1.64. The van der Waals surface area contributed by atoms with Gasteiger partial charge in [-0.2, -0.15) is 0 Å². The number of furan rings is 1. The minimum absolute atomic E-state index is 0.109. The number of anilines is 1. The van der Waals surface area contributed by atoms with E-state index < -0.39 is 11.9 Å². The van der Waals surface area contributed by atoms with Crippen LogP contribution in [-0.4, -0.2) is 18.0 Å². The van der Waals surface area contributed by atoms with Gasteiger partial charge in [0.1, 0.15) is 16.3 Å². The van der Waals surface area contributed by atoms with E-state index in [4.69, 9.17) is 20.8 Å². The van der Waals surface area contributed by atoms with Crippen molar-refractivity contribution >= 4 is 39.8 Å². The first-order chi connectivity index (χ1) is 15.4. The number of amides is 1. The van der Waals surface area contributed by atoms with Gasteiger partial charge in [-0.3, -0.25) is 4.79 Å². The summed E-state index contributed by atoms with van der Waals surface area (Å²) in [6, 6.07) is 20.0. The molecule has 0 atom stereocenters. The van der Waals surface area contributed by atoms with Crippen molar-refractivity contribution in [2.75, 3.05) is 5.32 Å². The van der Waals surface area contributed by atoms with Crippen molar-refractivity contribution in [1.82, 2.24) is 0 Å². The quantitative estimate of drug-likeness (QED) is 0.307. The Bertz CT molecular complexity index is 1260. The number of benzene rings is 2. The van der Waals surface area contributed by atoms with Gasteiger partial charge in [-0.05, 0) is 43.7 Å². The Labute approximate surface area is 194 Å². The van der Waals surface area contributed by atoms with E-state index in [2.05, 4.69) is 5.32 Å². The second-order valence-electron chi connectivity index (χ2n) is 7.27. The number of ether oxygens (including phenoxy) is 1. The minimum atomic E-state index is -0.494. The van der Waals surface area contributed by atoms with Gasteiger partial charge in [0.15, 0.2) is 5.76 Å². The Hall–Kier alpha value is -3.35. The van der Waals surface area contributed by atoms with Crippen molar-refractivity contribution in [2.45, 2.75) is 20.0 Å². The number of hydrogen-bond acceptors (Lipinski definition) is 5. The third kappa shape index (κ3) is 4.61. The molecule has 162 valence electrons. The fourth-order valence-electron chi connectivity index (χ4n) is 3.19. The predicted molar refractivity (Wildman–Crippen MR) is 127 cm³/mol. The van der Waals surface area contributed by atoms with Crippen LogP contribution in [0.5, 0.6) is 0 Å². The maximum atomic E-state index is 12.9. The molecule has 1 N–H and O–H groups in total. The Kier molecular flexibility index (Phi) is 6.44. The smallest absolute Gasteiger partial charge is 0.342 e. The number of esters is 1. The van der Waals surface area contributed by atoms with E-state index >= 15 is 0 Å². The predicted octanol–water partition coefficient (Wildman–Crippen LogP) is 7.15. The lowest BCUT2D eigenvalue weighted by atomic mass is 10.0. The Morgan fingerprint density at radius 2 is 1.69 bits per heavy atom. The summed E-state index contributed by atoms with van der Waals surface area (Å²) in [6.45, 7) is 3.56. The largest absolute Gasteiger partial charge is 0.459 e. The van der Waals surface area contributed by atoms with E-state index in [1.54, 1.807) is 32.0 Å². The minimum Gasteiger partial charge on any atom is -0.459 e. The molecule has 2 heterocycles. The van der Waals surface area contributed by atoms with Gasteiger partial charge < -0.3 is 14.5 Å². The second kappa shape index (κ2) is 9.42. The zero-order chi connectivity index (χ0) is 22.7. The highest BCUT2D eigenvalue weighted by Gasteiger charge is 2.25. The molecule has 0 bridgehead atoms. The maximum Gasteiger partial charge on any atom is 0.342 e. The lowest BCUT2D eigenvalue weighted by Gasteiger charge is -2.11. The van der Waals surface area contributed by atoms with Crippen molar-refractivity contribution in [1.29, 1.82) is 0 Å². The third-order valence-corrected chi connectivity index (χ3v) is 5.84. The molecule has 2 aromatic carbocycles. The second-order valence-corrected chi connectivity index (χ2v) is 8.56. The summed E-state index contributed by atoms with van der Waals surface area (Å²) in [6.07, 6.45) is -0.294. The number of rotatable bonds is 6. The summed E-state index contributed by atoms with van der Waals surface area (Å²) in [4.78, 5) is 25.8. The van der Waals surface area contributed by atoms with Gasteiger partial charge in [0.2, 0.25) is 0 Å². The molecule has 4 rings (SSSR count). The van der Waals surface area contributed by atoms with E-state index in [1.807, 2.05) is 53.9 Å². The molecule has 7 heteroatoms. The summed E-state index contributed by atoms with van der Waals surface area (Å²) in [5.41, 5.74) is 2.57. The van der Waals surface area contributed by atoms with Gasteiger partial charge in [0.25, 0.3) is 5.91 Å². The fraction of sp³-hybridized carbons (Fsp3) is 0.120. The average Bonchev–Trinajstić information content (AvgIpc) is 3.42. The van der Waals surface area contributed by atoms with Gasteiger partial charge in [-0.25, -0.2) is 4.79 Å². The van der Waals surface area contributed by atoms with Crippen molar-refractivity contribution in [3.05, 3.63) is 88.5 Å². The molecule has 0 saturated carbocycles. The van der Waals surface area contributed by atoms with Crippen LogP contribution in [0.4, 0.5) is 5.00 Å². The first kappa shape index (κ1) is 21.9. The summed E-state index contributed by atoms with van der Waals surface area (Å²) in [5.74, 6) is -0.371. The van der Waals surface area contributed by atoms with Crippen LogP contribution in [-0.2, 0) is 4.74 Å². The molecule has 0 spiro atoms. The number of halogens is 1. The third-order valence-electron chi connectivity index (χ3n) is 4.62. The maximum absolute atomic E-state index is 12.9. The highest BCUT2D eigenvalue weighted by molar-refractivity contribution is 7.15. The lowest BCUT2D eigenvalue weighted by molar-refractivity contribution is 0.0380. The monoisotopic (exact) mass is 465 g/mol. The molecule has 0 aliphatic carbocycles. The number of carbonyl (C=O) groups excluding carboxylic acids is 2. The summed E-state index contributed by atoms with van der Waals surface area (Å²) < 4.78 is 11.2. The van der Waals surface area contributed by atoms with E-state index in [1.165, 1.54) is 11.3 Å². The van der Waals surface area contributed by atoms with Crippen LogP contribution in [0.25, 0.3) is 22.5 Å². The SMILES string of the molecule is CC(C)OC(=O)c1c(-c2ccccc2)csc1NC(=O)c1ccc(-c2ccccc2Cl)o1. The Morgan fingerprint density at radius 1 is 0.969 bits per heavy atom. The Morgan fingerprint density at radius 3 is 2.41 bits per heavy atom. The highest BCUT2D eigenvalue weighted by Crippen LogP contribution is 2.37. The van der Waals surface area contributed by atoms with Crippen LogP contribution in [0.2, 0.25) is 5.02 Å². The molecule has 1 amide bonds. The molecular formula is C25H20ClNO4S. The van der Waals surface area contributed by atoms with Crippen LogP contribution in [0.1, 0.15) is 34.8 Å². The van der Waals surface area contributed by atoms with Crippen molar-refractivity contribution < 1.29 is 18.7 Å². The fourth-order valence-corrected chi connectivity index (χ4v) is 4.37. The number of nitrogens with one attached hydrogen (secondary N) is 1. The average molecular weight is 466 g/mol.